The molecular weight excluding hydrogens is 314 g/mol. The number of aryl methyl sites for hydroxylation is 2. The highest BCUT2D eigenvalue weighted by molar-refractivity contribution is 5.96. The average molecular weight is 335 g/mol. The summed E-state index contributed by atoms with van der Waals surface area (Å²) < 4.78 is 2.14. The van der Waals surface area contributed by atoms with E-state index in [4.69, 9.17) is 0 Å². The summed E-state index contributed by atoms with van der Waals surface area (Å²) in [6, 6.07) is 15.2. The van der Waals surface area contributed by atoms with Crippen LogP contribution in [0.4, 0.5) is 5.69 Å². The van der Waals surface area contributed by atoms with E-state index in [-0.39, 0.29) is 11.8 Å². The summed E-state index contributed by atoms with van der Waals surface area (Å²) in [4.78, 5) is 23.5. The lowest BCUT2D eigenvalue weighted by Crippen LogP contribution is -2.23. The number of carbonyl (C=O) groups excluding carboxylic acids is 2. The molecule has 5 nitrogen and oxygen atoms in total. The summed E-state index contributed by atoms with van der Waals surface area (Å²) in [5, 5.41) is 6.77. The van der Waals surface area contributed by atoms with Crippen LogP contribution in [-0.2, 0) is 18.4 Å². The Morgan fingerprint density at radius 1 is 1.08 bits per heavy atom. The van der Waals surface area contributed by atoms with Gasteiger partial charge in [0, 0.05) is 48.4 Å². The van der Waals surface area contributed by atoms with Gasteiger partial charge in [0.25, 0.3) is 5.91 Å². The van der Waals surface area contributed by atoms with Crippen molar-refractivity contribution in [2.45, 2.75) is 20.4 Å². The highest BCUT2D eigenvalue weighted by Gasteiger charge is 2.08. The van der Waals surface area contributed by atoms with Crippen LogP contribution in [0.2, 0.25) is 0 Å². The van der Waals surface area contributed by atoms with Crippen LogP contribution in [-0.4, -0.2) is 16.4 Å². The van der Waals surface area contributed by atoms with Gasteiger partial charge in [0.2, 0.25) is 5.91 Å². The van der Waals surface area contributed by atoms with Gasteiger partial charge in [0.1, 0.15) is 0 Å². The number of nitrogens with one attached hydrogen (secondary N) is 2. The van der Waals surface area contributed by atoms with E-state index in [1.54, 1.807) is 24.3 Å². The molecule has 0 atom stereocenters. The number of hydrogen-bond donors (Lipinski definition) is 2. The van der Waals surface area contributed by atoms with Gasteiger partial charge in [-0.3, -0.25) is 9.59 Å². The topological polar surface area (TPSA) is 63.1 Å². The van der Waals surface area contributed by atoms with Crippen LogP contribution < -0.4 is 10.6 Å². The van der Waals surface area contributed by atoms with Crippen molar-refractivity contribution in [2.24, 2.45) is 7.05 Å². The first-order valence-electron chi connectivity index (χ1n) is 8.15. The lowest BCUT2D eigenvalue weighted by atomic mass is 10.1. The SMILES string of the molecule is CC(=O)Nc1cccc(C(=O)NCc2ccc3c(c2)cc(C)n3C)c1. The van der Waals surface area contributed by atoms with Gasteiger partial charge in [-0.1, -0.05) is 12.1 Å². The molecule has 0 radical (unpaired) electrons. The summed E-state index contributed by atoms with van der Waals surface area (Å²) in [6.45, 7) is 3.96. The van der Waals surface area contributed by atoms with Gasteiger partial charge < -0.3 is 15.2 Å². The zero-order chi connectivity index (χ0) is 18.0. The van der Waals surface area contributed by atoms with Gasteiger partial charge in [0.05, 0.1) is 0 Å². The third-order valence-corrected chi connectivity index (χ3v) is 4.24. The van der Waals surface area contributed by atoms with E-state index in [1.165, 1.54) is 23.5 Å². The summed E-state index contributed by atoms with van der Waals surface area (Å²) in [6.07, 6.45) is 0. The van der Waals surface area contributed by atoms with Crippen LogP contribution in [0.25, 0.3) is 10.9 Å². The summed E-state index contributed by atoms with van der Waals surface area (Å²) in [5.74, 6) is -0.333. The minimum absolute atomic E-state index is 0.163. The summed E-state index contributed by atoms with van der Waals surface area (Å²) in [7, 11) is 2.04. The Morgan fingerprint density at radius 2 is 1.88 bits per heavy atom. The van der Waals surface area contributed by atoms with Crippen molar-refractivity contribution in [1.29, 1.82) is 0 Å². The number of carbonyl (C=O) groups is 2. The van der Waals surface area contributed by atoms with Gasteiger partial charge in [0.15, 0.2) is 0 Å². The zero-order valence-electron chi connectivity index (χ0n) is 14.6. The van der Waals surface area contributed by atoms with E-state index >= 15 is 0 Å². The second-order valence-corrected chi connectivity index (χ2v) is 6.18. The van der Waals surface area contributed by atoms with Crippen molar-refractivity contribution in [3.8, 4) is 0 Å². The third kappa shape index (κ3) is 3.71. The Kier molecular flexibility index (Phi) is 4.57. The molecule has 0 aliphatic heterocycles. The van der Waals surface area contributed by atoms with Crippen molar-refractivity contribution in [3.63, 3.8) is 0 Å². The van der Waals surface area contributed by atoms with Crippen LogP contribution >= 0.6 is 0 Å². The number of fused-ring (bicyclic) bond motifs is 1. The molecule has 25 heavy (non-hydrogen) atoms. The van der Waals surface area contributed by atoms with E-state index in [1.807, 2.05) is 13.1 Å². The lowest BCUT2D eigenvalue weighted by Gasteiger charge is -2.08. The molecule has 0 bridgehead atoms. The van der Waals surface area contributed by atoms with Crippen molar-refractivity contribution in [1.82, 2.24) is 9.88 Å². The molecular formula is C20H21N3O2. The monoisotopic (exact) mass is 335 g/mol. The van der Waals surface area contributed by atoms with Crippen LogP contribution in [0.15, 0.2) is 48.5 Å². The van der Waals surface area contributed by atoms with Gasteiger partial charge in [-0.2, -0.15) is 0 Å². The molecule has 0 aliphatic rings. The molecule has 0 unspecified atom stereocenters. The molecule has 2 aromatic carbocycles. The van der Waals surface area contributed by atoms with Crippen LogP contribution in [0.3, 0.4) is 0 Å². The fourth-order valence-electron chi connectivity index (χ4n) is 2.87. The van der Waals surface area contributed by atoms with E-state index in [0.717, 1.165) is 5.56 Å². The van der Waals surface area contributed by atoms with E-state index in [9.17, 15) is 9.59 Å². The Bertz CT molecular complexity index is 957. The number of anilines is 1. The maximum atomic E-state index is 12.3. The number of amides is 2. The Balaban J connectivity index is 1.71. The van der Waals surface area contributed by atoms with E-state index in [0.29, 0.717) is 17.8 Å². The van der Waals surface area contributed by atoms with E-state index in [2.05, 4.69) is 40.3 Å². The molecule has 3 aromatic rings. The summed E-state index contributed by atoms with van der Waals surface area (Å²) >= 11 is 0. The number of rotatable bonds is 4. The quantitative estimate of drug-likeness (QED) is 0.768. The maximum Gasteiger partial charge on any atom is 0.251 e. The molecule has 1 heterocycles. The maximum absolute atomic E-state index is 12.3. The van der Waals surface area contributed by atoms with Crippen LogP contribution in [0, 0.1) is 6.92 Å². The molecule has 1 aromatic heterocycles. The molecule has 5 heteroatoms. The largest absolute Gasteiger partial charge is 0.348 e. The highest BCUT2D eigenvalue weighted by Crippen LogP contribution is 2.20. The summed E-state index contributed by atoms with van der Waals surface area (Å²) in [5.41, 5.74) is 4.55. The number of hydrogen-bond acceptors (Lipinski definition) is 2. The van der Waals surface area contributed by atoms with Gasteiger partial charge in [-0.15, -0.1) is 0 Å². The first kappa shape index (κ1) is 16.8. The van der Waals surface area contributed by atoms with Crippen LogP contribution in [0.1, 0.15) is 28.5 Å². The normalized spacial score (nSPS) is 10.7. The molecule has 0 saturated heterocycles. The highest BCUT2D eigenvalue weighted by atomic mass is 16.2. The molecule has 2 amide bonds. The molecule has 0 fully saturated rings. The van der Waals surface area contributed by atoms with Gasteiger partial charge in [-0.05, 0) is 48.9 Å². The smallest absolute Gasteiger partial charge is 0.251 e. The molecule has 0 spiro atoms. The molecule has 3 rings (SSSR count). The van der Waals surface area contributed by atoms with Gasteiger partial charge >= 0.3 is 0 Å². The molecule has 0 saturated carbocycles. The Morgan fingerprint density at radius 3 is 2.64 bits per heavy atom. The Hall–Kier alpha value is -3.08. The molecule has 0 aliphatic carbocycles. The first-order chi connectivity index (χ1) is 11.9. The van der Waals surface area contributed by atoms with Gasteiger partial charge in [-0.25, -0.2) is 0 Å². The van der Waals surface area contributed by atoms with Crippen molar-refractivity contribution in [3.05, 3.63) is 65.4 Å². The zero-order valence-corrected chi connectivity index (χ0v) is 14.6. The fourth-order valence-corrected chi connectivity index (χ4v) is 2.87. The van der Waals surface area contributed by atoms with Crippen molar-refractivity contribution >= 4 is 28.4 Å². The Labute approximate surface area is 146 Å². The third-order valence-electron chi connectivity index (χ3n) is 4.24. The predicted molar refractivity (Wildman–Crippen MR) is 99.6 cm³/mol. The minimum atomic E-state index is -0.170. The average Bonchev–Trinajstić information content (AvgIpc) is 2.86. The number of nitrogens with zero attached hydrogens (tertiary/aromatic N) is 1. The van der Waals surface area contributed by atoms with Crippen molar-refractivity contribution < 1.29 is 9.59 Å². The fraction of sp³-hybridized carbons (Fsp3) is 0.200. The van der Waals surface area contributed by atoms with E-state index < -0.39 is 0 Å². The second-order valence-electron chi connectivity index (χ2n) is 6.18. The van der Waals surface area contributed by atoms with Crippen LogP contribution in [0.5, 0.6) is 0 Å². The first-order valence-corrected chi connectivity index (χ1v) is 8.15. The van der Waals surface area contributed by atoms with Crippen molar-refractivity contribution in [2.75, 3.05) is 5.32 Å². The molecule has 128 valence electrons. The number of benzene rings is 2. The lowest BCUT2D eigenvalue weighted by molar-refractivity contribution is -0.114. The number of aromatic nitrogens is 1. The second kappa shape index (κ2) is 6.81. The predicted octanol–water partition coefficient (Wildman–Crippen LogP) is 3.38. The minimum Gasteiger partial charge on any atom is -0.348 e. The standard InChI is InChI=1S/C20H21N3O2/c1-13-9-17-10-15(7-8-19(17)23(13)3)12-21-20(25)16-5-4-6-18(11-16)22-14(2)24/h4-11H,12H2,1-3H3,(H,21,25)(H,22,24). The molecule has 2 N–H and O–H groups in total.